The largest absolute Gasteiger partial charge is 0.332 e. The lowest BCUT2D eigenvalue weighted by Crippen LogP contribution is -2.28. The van der Waals surface area contributed by atoms with Crippen molar-refractivity contribution in [1.82, 2.24) is 14.7 Å². The molecule has 7 nitrogen and oxygen atoms in total. The molecule has 2 heterocycles. The fourth-order valence-electron chi connectivity index (χ4n) is 2.56. The molecule has 1 amide bonds. The third-order valence-corrected chi connectivity index (χ3v) is 3.77. The number of amides is 1. The third kappa shape index (κ3) is 3.65. The number of carbonyl (C=O) groups is 1. The van der Waals surface area contributed by atoms with Crippen molar-refractivity contribution in [3.05, 3.63) is 64.2 Å². The van der Waals surface area contributed by atoms with Crippen molar-refractivity contribution in [3.63, 3.8) is 0 Å². The number of rotatable bonds is 5. The number of pyridine rings is 1. The highest BCUT2D eigenvalue weighted by Crippen LogP contribution is 2.17. The summed E-state index contributed by atoms with van der Waals surface area (Å²) in [6.07, 6.45) is 0.800. The van der Waals surface area contributed by atoms with Crippen LogP contribution in [0.3, 0.4) is 0 Å². The summed E-state index contributed by atoms with van der Waals surface area (Å²) in [5.74, 6) is 0.364. The van der Waals surface area contributed by atoms with E-state index in [0.717, 1.165) is 17.7 Å². The molecule has 2 aromatic heterocycles. The molecule has 7 heteroatoms. The first-order chi connectivity index (χ1) is 12.1. The van der Waals surface area contributed by atoms with Gasteiger partial charge in [0.15, 0.2) is 5.82 Å². The number of hydrogen-bond donors (Lipinski definition) is 1. The van der Waals surface area contributed by atoms with E-state index in [1.165, 1.54) is 10.6 Å². The molecule has 0 radical (unpaired) electrons. The number of benzene rings is 1. The van der Waals surface area contributed by atoms with Gasteiger partial charge in [-0.05, 0) is 31.0 Å². The molecule has 128 valence electrons. The number of hydrogen-bond acceptors (Lipinski definition) is 5. The van der Waals surface area contributed by atoms with Crippen LogP contribution in [0.4, 0.5) is 5.69 Å². The molecule has 0 unspecified atom stereocenters. The smallest absolute Gasteiger partial charge is 0.274 e. The maximum Gasteiger partial charge on any atom is 0.274 e. The van der Waals surface area contributed by atoms with Crippen molar-refractivity contribution in [2.45, 2.75) is 26.8 Å². The van der Waals surface area contributed by atoms with E-state index in [1.807, 2.05) is 31.2 Å². The molecule has 0 spiro atoms. The predicted molar refractivity (Wildman–Crippen MR) is 93.2 cm³/mol. The molecule has 0 atom stereocenters. The van der Waals surface area contributed by atoms with Crippen LogP contribution >= 0.6 is 0 Å². The van der Waals surface area contributed by atoms with Gasteiger partial charge in [0, 0.05) is 11.8 Å². The van der Waals surface area contributed by atoms with Gasteiger partial charge in [-0.15, -0.1) is 0 Å². The molecule has 0 aliphatic carbocycles. The van der Waals surface area contributed by atoms with Crippen molar-refractivity contribution >= 4 is 11.6 Å². The summed E-state index contributed by atoms with van der Waals surface area (Å²) in [5.41, 5.74) is 1.87. The van der Waals surface area contributed by atoms with Crippen LogP contribution in [0, 0.1) is 6.92 Å². The number of aromatic nitrogens is 3. The molecule has 1 N–H and O–H groups in total. The lowest BCUT2D eigenvalue weighted by molar-refractivity contribution is -0.116. The standard InChI is InChI=1S/C18H18N4O3/c1-3-13-7-4-5-8-14(13)20-16(23)11-22-15(9-6-10-17(22)24)18-19-12(2)21-25-18/h4-10H,3,11H2,1-2H3,(H,20,23). The molecule has 0 bridgehead atoms. The Hall–Kier alpha value is -3.22. The van der Waals surface area contributed by atoms with Gasteiger partial charge in [-0.25, -0.2) is 0 Å². The first-order valence-electron chi connectivity index (χ1n) is 7.96. The van der Waals surface area contributed by atoms with Crippen molar-refractivity contribution in [2.24, 2.45) is 0 Å². The Balaban J connectivity index is 1.88. The fourth-order valence-corrected chi connectivity index (χ4v) is 2.56. The number of anilines is 1. The minimum absolute atomic E-state index is 0.144. The quantitative estimate of drug-likeness (QED) is 0.771. The van der Waals surface area contributed by atoms with E-state index in [0.29, 0.717) is 11.5 Å². The molecule has 0 saturated heterocycles. The van der Waals surface area contributed by atoms with Crippen LogP contribution in [-0.2, 0) is 17.8 Å². The molecule has 0 aliphatic rings. The molecule has 25 heavy (non-hydrogen) atoms. The van der Waals surface area contributed by atoms with Crippen LogP contribution < -0.4 is 10.9 Å². The van der Waals surface area contributed by atoms with E-state index in [-0.39, 0.29) is 23.9 Å². The molecule has 0 aliphatic heterocycles. The van der Waals surface area contributed by atoms with E-state index < -0.39 is 0 Å². The van der Waals surface area contributed by atoms with Crippen molar-refractivity contribution in [3.8, 4) is 11.6 Å². The maximum absolute atomic E-state index is 12.5. The number of carbonyl (C=O) groups excluding carboxylic acids is 1. The highest BCUT2D eigenvalue weighted by atomic mass is 16.5. The average Bonchev–Trinajstić information content (AvgIpc) is 3.03. The van der Waals surface area contributed by atoms with Gasteiger partial charge in [-0.3, -0.25) is 14.2 Å². The first-order valence-corrected chi connectivity index (χ1v) is 7.96. The Morgan fingerprint density at radius 1 is 1.20 bits per heavy atom. The Morgan fingerprint density at radius 2 is 2.00 bits per heavy atom. The van der Waals surface area contributed by atoms with Gasteiger partial charge in [0.2, 0.25) is 5.91 Å². The third-order valence-electron chi connectivity index (χ3n) is 3.77. The molecular formula is C18H18N4O3. The van der Waals surface area contributed by atoms with Gasteiger partial charge in [0.25, 0.3) is 11.4 Å². The van der Waals surface area contributed by atoms with Gasteiger partial charge in [-0.1, -0.05) is 36.3 Å². The zero-order valence-electron chi connectivity index (χ0n) is 14.0. The van der Waals surface area contributed by atoms with Gasteiger partial charge >= 0.3 is 0 Å². The van der Waals surface area contributed by atoms with Gasteiger partial charge < -0.3 is 9.84 Å². The second-order valence-electron chi connectivity index (χ2n) is 5.54. The molecule has 0 fully saturated rings. The summed E-state index contributed by atoms with van der Waals surface area (Å²) < 4.78 is 6.45. The zero-order chi connectivity index (χ0) is 17.8. The summed E-state index contributed by atoms with van der Waals surface area (Å²) in [5, 5.41) is 6.59. The second-order valence-corrected chi connectivity index (χ2v) is 5.54. The Morgan fingerprint density at radius 3 is 2.72 bits per heavy atom. The molecule has 3 aromatic rings. The summed E-state index contributed by atoms with van der Waals surface area (Å²) in [6, 6.07) is 12.2. The average molecular weight is 338 g/mol. The van der Waals surface area contributed by atoms with Crippen molar-refractivity contribution in [1.29, 1.82) is 0 Å². The van der Waals surface area contributed by atoms with Crippen molar-refractivity contribution < 1.29 is 9.32 Å². The molecule has 0 saturated carbocycles. The zero-order valence-corrected chi connectivity index (χ0v) is 14.0. The van der Waals surface area contributed by atoms with Crippen LogP contribution in [-0.4, -0.2) is 20.6 Å². The van der Waals surface area contributed by atoms with Crippen LogP contribution in [0.1, 0.15) is 18.3 Å². The molecular weight excluding hydrogens is 320 g/mol. The topological polar surface area (TPSA) is 90.0 Å². The number of aryl methyl sites for hydroxylation is 2. The van der Waals surface area contributed by atoms with Gasteiger partial charge in [0.1, 0.15) is 12.2 Å². The first kappa shape index (κ1) is 16.6. The van der Waals surface area contributed by atoms with Crippen molar-refractivity contribution in [2.75, 3.05) is 5.32 Å². The van der Waals surface area contributed by atoms with E-state index in [2.05, 4.69) is 15.5 Å². The lowest BCUT2D eigenvalue weighted by atomic mass is 10.1. The van der Waals surface area contributed by atoms with Crippen LogP contribution in [0.25, 0.3) is 11.6 Å². The lowest BCUT2D eigenvalue weighted by Gasteiger charge is -2.12. The van der Waals surface area contributed by atoms with E-state index in [4.69, 9.17) is 4.52 Å². The predicted octanol–water partition coefficient (Wildman–Crippen LogP) is 2.41. The monoisotopic (exact) mass is 338 g/mol. The maximum atomic E-state index is 12.5. The van der Waals surface area contributed by atoms with Crippen LogP contribution in [0.5, 0.6) is 0 Å². The molecule has 3 rings (SSSR count). The SMILES string of the molecule is CCc1ccccc1NC(=O)Cn1c(-c2nc(C)no2)cccc1=O. The van der Waals surface area contributed by atoms with Gasteiger partial charge in [0.05, 0.1) is 0 Å². The Labute approximate surface area is 144 Å². The van der Waals surface area contributed by atoms with Crippen LogP contribution in [0.2, 0.25) is 0 Å². The normalized spacial score (nSPS) is 10.6. The summed E-state index contributed by atoms with van der Waals surface area (Å²) in [4.78, 5) is 28.8. The van der Waals surface area contributed by atoms with Crippen LogP contribution in [0.15, 0.2) is 51.8 Å². The Bertz CT molecular complexity index is 959. The summed E-state index contributed by atoms with van der Waals surface area (Å²) >= 11 is 0. The fraction of sp³-hybridized carbons (Fsp3) is 0.222. The molecule has 1 aromatic carbocycles. The highest BCUT2D eigenvalue weighted by molar-refractivity contribution is 5.91. The van der Waals surface area contributed by atoms with E-state index in [9.17, 15) is 9.59 Å². The van der Waals surface area contributed by atoms with E-state index in [1.54, 1.807) is 19.1 Å². The number of nitrogens with zero attached hydrogens (tertiary/aromatic N) is 3. The Kier molecular flexibility index (Phi) is 4.74. The van der Waals surface area contributed by atoms with E-state index >= 15 is 0 Å². The number of nitrogens with one attached hydrogen (secondary N) is 1. The summed E-state index contributed by atoms with van der Waals surface area (Å²) in [6.45, 7) is 3.56. The number of para-hydroxylation sites is 1. The minimum Gasteiger partial charge on any atom is -0.332 e. The highest BCUT2D eigenvalue weighted by Gasteiger charge is 2.15. The second kappa shape index (κ2) is 7.12. The van der Waals surface area contributed by atoms with Gasteiger partial charge in [-0.2, -0.15) is 4.98 Å². The minimum atomic E-state index is -0.313. The summed E-state index contributed by atoms with van der Waals surface area (Å²) in [7, 11) is 0.